The summed E-state index contributed by atoms with van der Waals surface area (Å²) in [4.78, 5) is 11.8. The Morgan fingerprint density at radius 1 is 1.32 bits per heavy atom. The summed E-state index contributed by atoms with van der Waals surface area (Å²) in [6, 6.07) is 7.66. The SMILES string of the molecule is CC(C)n1ccc(-c2nnc(NC(=O)COc3ccccc3F)o2)n1. The van der Waals surface area contributed by atoms with E-state index in [1.165, 1.54) is 18.2 Å². The van der Waals surface area contributed by atoms with Crippen molar-refractivity contribution in [2.45, 2.75) is 19.9 Å². The number of hydrogen-bond acceptors (Lipinski definition) is 6. The number of ether oxygens (including phenoxy) is 1. The van der Waals surface area contributed by atoms with Crippen LogP contribution in [0.15, 0.2) is 40.9 Å². The van der Waals surface area contributed by atoms with Gasteiger partial charge in [0.15, 0.2) is 18.2 Å². The summed E-state index contributed by atoms with van der Waals surface area (Å²) in [6.45, 7) is 3.60. The number of nitrogens with one attached hydrogen (secondary N) is 1. The topological polar surface area (TPSA) is 95.1 Å². The fourth-order valence-electron chi connectivity index (χ4n) is 1.98. The lowest BCUT2D eigenvalue weighted by Gasteiger charge is -2.05. The maximum atomic E-state index is 13.4. The van der Waals surface area contributed by atoms with Gasteiger partial charge in [0.2, 0.25) is 0 Å². The first-order chi connectivity index (χ1) is 12.0. The molecule has 0 bridgehead atoms. The molecular weight excluding hydrogens is 329 g/mol. The zero-order valence-electron chi connectivity index (χ0n) is 13.6. The first-order valence-electron chi connectivity index (χ1n) is 7.59. The van der Waals surface area contributed by atoms with E-state index in [9.17, 15) is 9.18 Å². The molecule has 1 amide bonds. The Hall–Kier alpha value is -3.23. The van der Waals surface area contributed by atoms with E-state index in [0.29, 0.717) is 5.69 Å². The second kappa shape index (κ2) is 7.12. The quantitative estimate of drug-likeness (QED) is 0.738. The van der Waals surface area contributed by atoms with Crippen LogP contribution in [0.3, 0.4) is 0 Å². The molecule has 0 unspecified atom stereocenters. The van der Waals surface area contributed by atoms with Crippen molar-refractivity contribution in [1.82, 2.24) is 20.0 Å². The Morgan fingerprint density at radius 2 is 2.12 bits per heavy atom. The molecule has 0 aliphatic rings. The summed E-state index contributed by atoms with van der Waals surface area (Å²) in [6.07, 6.45) is 1.80. The molecule has 0 aliphatic heterocycles. The zero-order valence-corrected chi connectivity index (χ0v) is 13.6. The number of hydrogen-bond donors (Lipinski definition) is 1. The van der Waals surface area contributed by atoms with E-state index in [2.05, 4.69) is 20.6 Å². The standard InChI is InChI=1S/C16H16FN5O3/c1-10(2)22-8-7-12(21-22)15-19-20-16(25-15)18-14(23)9-24-13-6-4-3-5-11(13)17/h3-8,10H,9H2,1-2H3,(H,18,20,23). The van der Waals surface area contributed by atoms with Crippen LogP contribution in [0.25, 0.3) is 11.6 Å². The second-order valence-electron chi connectivity index (χ2n) is 5.45. The Bertz CT molecular complexity index is 874. The van der Waals surface area contributed by atoms with Gasteiger partial charge in [-0.15, -0.1) is 5.10 Å². The average molecular weight is 345 g/mol. The third-order valence-electron chi connectivity index (χ3n) is 3.22. The molecule has 25 heavy (non-hydrogen) atoms. The van der Waals surface area contributed by atoms with Gasteiger partial charge in [0.1, 0.15) is 5.69 Å². The molecule has 0 spiro atoms. The van der Waals surface area contributed by atoms with Crippen LogP contribution in [0.2, 0.25) is 0 Å². The van der Waals surface area contributed by atoms with Crippen molar-refractivity contribution in [3.05, 3.63) is 42.3 Å². The number of para-hydroxylation sites is 1. The van der Waals surface area contributed by atoms with Gasteiger partial charge in [-0.3, -0.25) is 14.8 Å². The summed E-state index contributed by atoms with van der Waals surface area (Å²) < 4.78 is 25.6. The molecule has 0 radical (unpaired) electrons. The van der Waals surface area contributed by atoms with Gasteiger partial charge in [-0.25, -0.2) is 4.39 Å². The van der Waals surface area contributed by atoms with Gasteiger partial charge in [0, 0.05) is 12.2 Å². The molecule has 0 aliphatic carbocycles. The molecular formula is C16H16FN5O3. The summed E-state index contributed by atoms with van der Waals surface area (Å²) in [5, 5.41) is 14.3. The van der Waals surface area contributed by atoms with Gasteiger partial charge >= 0.3 is 6.01 Å². The van der Waals surface area contributed by atoms with E-state index in [-0.39, 0.29) is 30.3 Å². The number of benzene rings is 1. The third kappa shape index (κ3) is 4.00. The summed E-state index contributed by atoms with van der Waals surface area (Å²) >= 11 is 0. The lowest BCUT2D eigenvalue weighted by molar-refractivity contribution is -0.118. The molecule has 2 heterocycles. The molecule has 2 aromatic heterocycles. The van der Waals surface area contributed by atoms with Gasteiger partial charge in [-0.1, -0.05) is 17.2 Å². The first kappa shape index (κ1) is 16.6. The number of anilines is 1. The number of rotatable bonds is 6. The van der Waals surface area contributed by atoms with Gasteiger partial charge in [-0.2, -0.15) is 5.10 Å². The zero-order chi connectivity index (χ0) is 17.8. The molecule has 8 nitrogen and oxygen atoms in total. The predicted octanol–water partition coefficient (Wildman–Crippen LogP) is 2.67. The highest BCUT2D eigenvalue weighted by Crippen LogP contribution is 2.19. The van der Waals surface area contributed by atoms with Crippen molar-refractivity contribution in [3.63, 3.8) is 0 Å². The maximum Gasteiger partial charge on any atom is 0.322 e. The van der Waals surface area contributed by atoms with Crippen molar-refractivity contribution >= 4 is 11.9 Å². The highest BCUT2D eigenvalue weighted by atomic mass is 19.1. The van der Waals surface area contributed by atoms with Crippen molar-refractivity contribution in [3.8, 4) is 17.3 Å². The summed E-state index contributed by atoms with van der Waals surface area (Å²) in [5.41, 5.74) is 0.504. The summed E-state index contributed by atoms with van der Waals surface area (Å²) in [5.74, 6) is -0.921. The van der Waals surface area contributed by atoms with E-state index in [1.807, 2.05) is 13.8 Å². The predicted molar refractivity (Wildman–Crippen MR) is 86.4 cm³/mol. The van der Waals surface area contributed by atoms with E-state index >= 15 is 0 Å². The van der Waals surface area contributed by atoms with Gasteiger partial charge in [0.05, 0.1) is 0 Å². The molecule has 0 saturated carbocycles. The number of carbonyl (C=O) groups excluding carboxylic acids is 1. The monoisotopic (exact) mass is 345 g/mol. The summed E-state index contributed by atoms with van der Waals surface area (Å²) in [7, 11) is 0. The van der Waals surface area contributed by atoms with Crippen LogP contribution < -0.4 is 10.1 Å². The van der Waals surface area contributed by atoms with Crippen molar-refractivity contribution < 1.29 is 18.3 Å². The fourth-order valence-corrected chi connectivity index (χ4v) is 1.98. The van der Waals surface area contributed by atoms with Gasteiger partial charge in [0.25, 0.3) is 11.8 Å². The van der Waals surface area contributed by atoms with E-state index < -0.39 is 11.7 Å². The molecule has 3 rings (SSSR count). The first-order valence-corrected chi connectivity index (χ1v) is 7.59. The van der Waals surface area contributed by atoms with E-state index in [0.717, 1.165) is 0 Å². The van der Waals surface area contributed by atoms with Crippen molar-refractivity contribution in [1.29, 1.82) is 0 Å². The van der Waals surface area contributed by atoms with Crippen molar-refractivity contribution in [2.75, 3.05) is 11.9 Å². The Balaban J connectivity index is 1.59. The number of nitrogens with zero attached hydrogens (tertiary/aromatic N) is 4. The lowest BCUT2D eigenvalue weighted by Crippen LogP contribution is -2.20. The van der Waals surface area contributed by atoms with Gasteiger partial charge < -0.3 is 9.15 Å². The van der Waals surface area contributed by atoms with Crippen LogP contribution in [-0.4, -0.2) is 32.5 Å². The lowest BCUT2D eigenvalue weighted by atomic mass is 10.3. The van der Waals surface area contributed by atoms with Crippen molar-refractivity contribution in [2.24, 2.45) is 0 Å². The Kier molecular flexibility index (Phi) is 4.73. The van der Waals surface area contributed by atoms with Crippen LogP contribution in [0.5, 0.6) is 5.75 Å². The molecule has 1 N–H and O–H groups in total. The van der Waals surface area contributed by atoms with Crippen LogP contribution in [0.1, 0.15) is 19.9 Å². The van der Waals surface area contributed by atoms with Crippen LogP contribution in [0.4, 0.5) is 10.4 Å². The second-order valence-corrected chi connectivity index (χ2v) is 5.45. The number of carbonyl (C=O) groups is 1. The molecule has 9 heteroatoms. The highest BCUT2D eigenvalue weighted by molar-refractivity contribution is 5.89. The number of amides is 1. The largest absolute Gasteiger partial charge is 0.481 e. The van der Waals surface area contributed by atoms with E-state index in [1.54, 1.807) is 23.0 Å². The molecule has 1 aromatic carbocycles. The number of aromatic nitrogens is 4. The number of halogens is 1. The average Bonchev–Trinajstić information content (AvgIpc) is 3.23. The minimum Gasteiger partial charge on any atom is -0.481 e. The minimum absolute atomic E-state index is 0.0110. The highest BCUT2D eigenvalue weighted by Gasteiger charge is 2.15. The van der Waals surface area contributed by atoms with Crippen LogP contribution in [-0.2, 0) is 4.79 Å². The van der Waals surface area contributed by atoms with Gasteiger partial charge in [-0.05, 0) is 32.0 Å². The minimum atomic E-state index is -0.550. The Labute approximate surface area is 142 Å². The molecule has 3 aromatic rings. The van der Waals surface area contributed by atoms with E-state index in [4.69, 9.17) is 9.15 Å². The van der Waals surface area contributed by atoms with Crippen LogP contribution >= 0.6 is 0 Å². The smallest absolute Gasteiger partial charge is 0.322 e. The Morgan fingerprint density at radius 3 is 2.84 bits per heavy atom. The molecule has 0 saturated heterocycles. The third-order valence-corrected chi connectivity index (χ3v) is 3.22. The molecule has 130 valence electrons. The maximum absolute atomic E-state index is 13.4. The normalized spacial score (nSPS) is 10.9. The fraction of sp³-hybridized carbons (Fsp3) is 0.250. The van der Waals surface area contributed by atoms with Crippen LogP contribution in [0, 0.1) is 5.82 Å². The molecule has 0 atom stereocenters. The molecule has 0 fully saturated rings.